The lowest BCUT2D eigenvalue weighted by Crippen LogP contribution is -2.49. The van der Waals surface area contributed by atoms with Gasteiger partial charge in [0.25, 0.3) is 0 Å². The molecule has 1 aromatic carbocycles. The van der Waals surface area contributed by atoms with Crippen molar-refractivity contribution in [2.24, 2.45) is 0 Å². The van der Waals surface area contributed by atoms with Gasteiger partial charge >= 0.3 is 0 Å². The van der Waals surface area contributed by atoms with Gasteiger partial charge in [0.15, 0.2) is 0 Å². The molecule has 1 saturated heterocycles. The predicted octanol–water partition coefficient (Wildman–Crippen LogP) is 3.40. The van der Waals surface area contributed by atoms with Gasteiger partial charge in [0.1, 0.15) is 0 Å². The van der Waals surface area contributed by atoms with Crippen LogP contribution in [0, 0.1) is 0 Å². The molecule has 4 nitrogen and oxygen atoms in total. The van der Waals surface area contributed by atoms with Gasteiger partial charge in [0.05, 0.1) is 12.6 Å². The Bertz CT molecular complexity index is 684. The summed E-state index contributed by atoms with van der Waals surface area (Å²) >= 11 is 8.01. The molecule has 0 radical (unpaired) electrons. The third-order valence-corrected chi connectivity index (χ3v) is 5.75. The van der Waals surface area contributed by atoms with Crippen molar-refractivity contribution in [2.45, 2.75) is 19.5 Å². The van der Waals surface area contributed by atoms with E-state index >= 15 is 0 Å². The minimum atomic E-state index is -0.0821. The lowest BCUT2D eigenvalue weighted by atomic mass is 10.1. The van der Waals surface area contributed by atoms with Gasteiger partial charge in [0.2, 0.25) is 5.91 Å². The van der Waals surface area contributed by atoms with E-state index < -0.39 is 0 Å². The molecule has 2 heterocycles. The van der Waals surface area contributed by atoms with Crippen LogP contribution in [0.5, 0.6) is 0 Å². The Kier molecular flexibility index (Phi) is 6.48. The van der Waals surface area contributed by atoms with Crippen molar-refractivity contribution in [3.63, 3.8) is 0 Å². The predicted molar refractivity (Wildman–Crippen MR) is 104 cm³/mol. The Morgan fingerprint density at radius 3 is 2.56 bits per heavy atom. The van der Waals surface area contributed by atoms with Crippen molar-refractivity contribution in [2.75, 3.05) is 32.7 Å². The normalized spacial score (nSPS) is 17.4. The summed E-state index contributed by atoms with van der Waals surface area (Å²) in [5, 5.41) is 5.87. The molecular weight excluding hydrogens is 354 g/mol. The van der Waals surface area contributed by atoms with E-state index in [0.29, 0.717) is 11.6 Å². The molecule has 1 atom stereocenters. The maximum Gasteiger partial charge on any atom is 0.234 e. The van der Waals surface area contributed by atoms with Crippen molar-refractivity contribution in [1.82, 2.24) is 15.1 Å². The maximum atomic E-state index is 12.3. The molecule has 1 aromatic heterocycles. The molecule has 1 N–H and O–H groups in total. The van der Waals surface area contributed by atoms with E-state index in [1.54, 1.807) is 11.3 Å². The highest BCUT2D eigenvalue weighted by molar-refractivity contribution is 7.09. The quantitative estimate of drug-likeness (QED) is 0.838. The molecule has 0 spiro atoms. The number of piperazine rings is 1. The van der Waals surface area contributed by atoms with Gasteiger partial charge in [-0.3, -0.25) is 14.6 Å². The number of carbonyl (C=O) groups excluding carboxylic acids is 1. The van der Waals surface area contributed by atoms with E-state index in [-0.39, 0.29) is 11.9 Å². The number of rotatable bonds is 6. The van der Waals surface area contributed by atoms with Crippen LogP contribution in [0.1, 0.15) is 23.4 Å². The Morgan fingerprint density at radius 2 is 1.88 bits per heavy atom. The van der Waals surface area contributed by atoms with Gasteiger partial charge in [-0.25, -0.2) is 0 Å². The summed E-state index contributed by atoms with van der Waals surface area (Å²) in [7, 11) is 0. The Morgan fingerprint density at radius 1 is 1.16 bits per heavy atom. The number of nitrogens with zero attached hydrogens (tertiary/aromatic N) is 2. The number of halogens is 1. The van der Waals surface area contributed by atoms with Gasteiger partial charge in [-0.15, -0.1) is 11.3 Å². The summed E-state index contributed by atoms with van der Waals surface area (Å²) in [5.74, 6) is 0.0547. The van der Waals surface area contributed by atoms with Gasteiger partial charge in [-0.05, 0) is 30.0 Å². The lowest BCUT2D eigenvalue weighted by molar-refractivity contribution is -0.123. The standard InChI is InChI=1S/C19H24ClN3OS/c1-15(17-6-2-3-7-18(17)20)21-19(24)14-23-10-8-22(9-11-23)13-16-5-4-12-25-16/h2-7,12,15H,8-11,13-14H2,1H3,(H,21,24). The molecule has 25 heavy (non-hydrogen) atoms. The monoisotopic (exact) mass is 377 g/mol. The fourth-order valence-corrected chi connectivity index (χ4v) is 4.17. The molecule has 0 aliphatic carbocycles. The van der Waals surface area contributed by atoms with E-state index in [2.05, 4.69) is 32.6 Å². The highest BCUT2D eigenvalue weighted by atomic mass is 35.5. The number of hydrogen-bond acceptors (Lipinski definition) is 4. The molecular formula is C19H24ClN3OS. The smallest absolute Gasteiger partial charge is 0.234 e. The van der Waals surface area contributed by atoms with E-state index in [0.717, 1.165) is 38.3 Å². The fourth-order valence-electron chi connectivity index (χ4n) is 3.12. The van der Waals surface area contributed by atoms with Gasteiger partial charge in [0, 0.05) is 42.6 Å². The number of nitrogens with one attached hydrogen (secondary N) is 1. The minimum absolute atomic E-state index is 0.0547. The summed E-state index contributed by atoms with van der Waals surface area (Å²) in [5.41, 5.74) is 0.957. The van der Waals surface area contributed by atoms with Crippen LogP contribution in [0.15, 0.2) is 41.8 Å². The summed E-state index contributed by atoms with van der Waals surface area (Å²) in [6.07, 6.45) is 0. The second kappa shape index (κ2) is 8.81. The number of benzene rings is 1. The Hall–Kier alpha value is -1.40. The number of hydrogen-bond donors (Lipinski definition) is 1. The van der Waals surface area contributed by atoms with E-state index in [1.807, 2.05) is 31.2 Å². The lowest BCUT2D eigenvalue weighted by Gasteiger charge is -2.34. The first-order valence-electron chi connectivity index (χ1n) is 8.62. The highest BCUT2D eigenvalue weighted by Gasteiger charge is 2.20. The molecule has 6 heteroatoms. The fraction of sp³-hybridized carbons (Fsp3) is 0.421. The van der Waals surface area contributed by atoms with Crippen LogP contribution in [0.3, 0.4) is 0 Å². The zero-order valence-electron chi connectivity index (χ0n) is 14.5. The summed E-state index contributed by atoms with van der Waals surface area (Å²) in [4.78, 5) is 18.4. The first-order valence-corrected chi connectivity index (χ1v) is 9.88. The van der Waals surface area contributed by atoms with Crippen molar-refractivity contribution < 1.29 is 4.79 Å². The summed E-state index contributed by atoms with van der Waals surface area (Å²) in [6.45, 7) is 7.30. The third kappa shape index (κ3) is 5.28. The minimum Gasteiger partial charge on any atom is -0.348 e. The van der Waals surface area contributed by atoms with Gasteiger partial charge in [-0.1, -0.05) is 35.9 Å². The molecule has 134 valence electrons. The van der Waals surface area contributed by atoms with Gasteiger partial charge in [-0.2, -0.15) is 0 Å². The van der Waals surface area contributed by atoms with E-state index in [1.165, 1.54) is 4.88 Å². The van der Waals surface area contributed by atoms with Crippen molar-refractivity contribution in [3.05, 3.63) is 57.2 Å². The van der Waals surface area contributed by atoms with Crippen LogP contribution < -0.4 is 5.32 Å². The topological polar surface area (TPSA) is 35.6 Å². The van der Waals surface area contributed by atoms with E-state index in [9.17, 15) is 4.79 Å². The van der Waals surface area contributed by atoms with E-state index in [4.69, 9.17) is 11.6 Å². The molecule has 3 rings (SSSR count). The molecule has 1 aliphatic rings. The zero-order valence-corrected chi connectivity index (χ0v) is 16.0. The molecule has 0 saturated carbocycles. The van der Waals surface area contributed by atoms with Crippen LogP contribution in [0.25, 0.3) is 0 Å². The molecule has 2 aromatic rings. The zero-order chi connectivity index (χ0) is 17.6. The second-order valence-electron chi connectivity index (χ2n) is 6.44. The van der Waals surface area contributed by atoms with Crippen molar-refractivity contribution >= 4 is 28.8 Å². The molecule has 1 unspecified atom stereocenters. The summed E-state index contributed by atoms with van der Waals surface area (Å²) < 4.78 is 0. The third-order valence-electron chi connectivity index (χ3n) is 4.54. The molecule has 0 bridgehead atoms. The Labute approximate surface area is 158 Å². The first kappa shape index (κ1) is 18.4. The first-order chi connectivity index (χ1) is 12.1. The molecule has 1 aliphatic heterocycles. The number of amides is 1. The highest BCUT2D eigenvalue weighted by Crippen LogP contribution is 2.22. The Balaban J connectivity index is 1.42. The average molecular weight is 378 g/mol. The molecule has 1 amide bonds. The van der Waals surface area contributed by atoms with Crippen molar-refractivity contribution in [1.29, 1.82) is 0 Å². The number of carbonyl (C=O) groups is 1. The second-order valence-corrected chi connectivity index (χ2v) is 7.88. The van der Waals surface area contributed by atoms with Crippen LogP contribution in [0.2, 0.25) is 5.02 Å². The maximum absolute atomic E-state index is 12.3. The van der Waals surface area contributed by atoms with Crippen LogP contribution in [0.4, 0.5) is 0 Å². The van der Waals surface area contributed by atoms with Crippen molar-refractivity contribution in [3.8, 4) is 0 Å². The average Bonchev–Trinajstić information content (AvgIpc) is 3.10. The largest absolute Gasteiger partial charge is 0.348 e. The molecule has 1 fully saturated rings. The van der Waals surface area contributed by atoms with Gasteiger partial charge < -0.3 is 5.32 Å². The van der Waals surface area contributed by atoms with Crippen LogP contribution in [-0.4, -0.2) is 48.4 Å². The SMILES string of the molecule is CC(NC(=O)CN1CCN(Cc2cccs2)CC1)c1ccccc1Cl. The summed E-state index contributed by atoms with van der Waals surface area (Å²) in [6, 6.07) is 11.8. The van der Waals surface area contributed by atoms with Crippen LogP contribution in [-0.2, 0) is 11.3 Å². The van der Waals surface area contributed by atoms with Crippen LogP contribution >= 0.6 is 22.9 Å². The number of thiophene rings is 1.